The molecule has 2 aliphatic heterocycles. The number of hydrogen-bond acceptors (Lipinski definition) is 5. The molecule has 1 atom stereocenters. The predicted octanol–water partition coefficient (Wildman–Crippen LogP) is 1.72. The molecule has 3 heterocycles. The van der Waals surface area contributed by atoms with Crippen LogP contribution in [0.3, 0.4) is 0 Å². The van der Waals surface area contributed by atoms with Gasteiger partial charge in [0.2, 0.25) is 0 Å². The summed E-state index contributed by atoms with van der Waals surface area (Å²) in [5.74, 6) is 0.929. The topological polar surface area (TPSA) is 50.1 Å². The summed E-state index contributed by atoms with van der Waals surface area (Å²) in [6.07, 6.45) is 5.33. The molecule has 0 bridgehead atoms. The largest absolute Gasteiger partial charge is 0.299 e. The monoisotopic (exact) mass is 312 g/mol. The van der Waals surface area contributed by atoms with Crippen molar-refractivity contribution in [3.8, 4) is 5.69 Å². The van der Waals surface area contributed by atoms with E-state index < -0.39 is 0 Å². The van der Waals surface area contributed by atoms with Crippen molar-refractivity contribution in [2.24, 2.45) is 0 Å². The van der Waals surface area contributed by atoms with Gasteiger partial charge in [0.1, 0.15) is 0 Å². The van der Waals surface area contributed by atoms with Crippen molar-refractivity contribution < 1.29 is 0 Å². The molecule has 0 saturated carbocycles. The number of nitrogens with zero attached hydrogens (tertiary/aromatic N) is 6. The average molecular weight is 312 g/mol. The van der Waals surface area contributed by atoms with Crippen LogP contribution in [0.5, 0.6) is 0 Å². The van der Waals surface area contributed by atoms with Gasteiger partial charge in [-0.25, -0.2) is 0 Å². The molecule has 0 radical (unpaired) electrons. The minimum Gasteiger partial charge on any atom is -0.299 e. The first-order valence-corrected chi connectivity index (χ1v) is 8.69. The van der Waals surface area contributed by atoms with Crippen molar-refractivity contribution >= 4 is 0 Å². The van der Waals surface area contributed by atoms with E-state index >= 15 is 0 Å². The zero-order chi connectivity index (χ0) is 15.5. The van der Waals surface area contributed by atoms with Gasteiger partial charge in [0.15, 0.2) is 5.82 Å². The summed E-state index contributed by atoms with van der Waals surface area (Å²) < 4.78 is 1.86. The van der Waals surface area contributed by atoms with Gasteiger partial charge in [0, 0.05) is 12.6 Å². The molecule has 122 valence electrons. The van der Waals surface area contributed by atoms with Gasteiger partial charge >= 0.3 is 0 Å². The van der Waals surface area contributed by atoms with Crippen molar-refractivity contribution in [1.82, 2.24) is 30.0 Å². The van der Waals surface area contributed by atoms with Gasteiger partial charge in [-0.3, -0.25) is 9.80 Å². The highest BCUT2D eigenvalue weighted by Gasteiger charge is 2.27. The third-order valence-corrected chi connectivity index (χ3v) is 5.04. The quantitative estimate of drug-likeness (QED) is 0.860. The molecule has 4 rings (SSSR count). The first kappa shape index (κ1) is 14.8. The van der Waals surface area contributed by atoms with E-state index in [1.807, 2.05) is 35.0 Å². The molecule has 2 saturated heterocycles. The number of aromatic nitrogens is 4. The van der Waals surface area contributed by atoms with Crippen molar-refractivity contribution in [2.45, 2.75) is 38.3 Å². The third kappa shape index (κ3) is 3.28. The molecule has 2 fully saturated rings. The van der Waals surface area contributed by atoms with E-state index in [2.05, 4.69) is 25.3 Å². The Morgan fingerprint density at radius 1 is 1.00 bits per heavy atom. The molecule has 1 aromatic heterocycles. The Balaban J connectivity index is 1.45. The minimum absolute atomic E-state index is 0.715. The van der Waals surface area contributed by atoms with Crippen LogP contribution in [-0.4, -0.2) is 62.2 Å². The Hall–Kier alpha value is -1.79. The van der Waals surface area contributed by atoms with Crippen LogP contribution < -0.4 is 0 Å². The van der Waals surface area contributed by atoms with E-state index in [0.29, 0.717) is 6.04 Å². The minimum atomic E-state index is 0.715. The zero-order valence-corrected chi connectivity index (χ0v) is 13.5. The fourth-order valence-electron chi connectivity index (χ4n) is 3.85. The van der Waals surface area contributed by atoms with Crippen molar-refractivity contribution in [2.75, 3.05) is 26.2 Å². The number of para-hydroxylation sites is 1. The highest BCUT2D eigenvalue weighted by molar-refractivity contribution is 5.30. The van der Waals surface area contributed by atoms with Gasteiger partial charge in [0.05, 0.1) is 12.2 Å². The van der Waals surface area contributed by atoms with Crippen LogP contribution in [0.15, 0.2) is 30.3 Å². The molecule has 0 amide bonds. The normalized spacial score (nSPS) is 23.4. The summed E-state index contributed by atoms with van der Waals surface area (Å²) in [7, 11) is 0. The SMILES string of the molecule is c1ccc(-n2nnnc2CN2CCC[C@@H](N3CCCC3)C2)cc1. The summed E-state index contributed by atoms with van der Waals surface area (Å²) in [4.78, 5) is 5.18. The number of hydrogen-bond donors (Lipinski definition) is 0. The van der Waals surface area contributed by atoms with Crippen LogP contribution in [0.25, 0.3) is 5.69 Å². The van der Waals surface area contributed by atoms with Gasteiger partial charge in [0.25, 0.3) is 0 Å². The molecule has 0 aliphatic carbocycles. The third-order valence-electron chi connectivity index (χ3n) is 5.04. The van der Waals surface area contributed by atoms with Crippen molar-refractivity contribution in [1.29, 1.82) is 0 Å². The van der Waals surface area contributed by atoms with Crippen LogP contribution in [0.4, 0.5) is 0 Å². The van der Waals surface area contributed by atoms with Gasteiger partial charge in [-0.2, -0.15) is 4.68 Å². The summed E-state index contributed by atoms with van der Waals surface area (Å²) >= 11 is 0. The first-order valence-electron chi connectivity index (χ1n) is 8.69. The lowest BCUT2D eigenvalue weighted by molar-refractivity contribution is 0.108. The Labute approximate surface area is 137 Å². The highest BCUT2D eigenvalue weighted by Crippen LogP contribution is 2.21. The molecular weight excluding hydrogens is 288 g/mol. The molecule has 23 heavy (non-hydrogen) atoms. The molecule has 0 unspecified atom stereocenters. The number of likely N-dealkylation sites (tertiary alicyclic amines) is 2. The van der Waals surface area contributed by atoms with Gasteiger partial charge in [-0.1, -0.05) is 18.2 Å². The molecule has 2 aromatic rings. The smallest absolute Gasteiger partial charge is 0.170 e. The van der Waals surface area contributed by atoms with E-state index in [4.69, 9.17) is 0 Å². The maximum absolute atomic E-state index is 4.26. The van der Waals surface area contributed by atoms with Crippen molar-refractivity contribution in [3.05, 3.63) is 36.2 Å². The maximum Gasteiger partial charge on any atom is 0.170 e. The Morgan fingerprint density at radius 2 is 1.83 bits per heavy atom. The molecular formula is C17H24N6. The summed E-state index contributed by atoms with van der Waals surface area (Å²) in [5.41, 5.74) is 1.03. The zero-order valence-electron chi connectivity index (χ0n) is 13.5. The molecule has 2 aliphatic rings. The van der Waals surface area contributed by atoms with Crippen LogP contribution in [0.1, 0.15) is 31.5 Å². The second kappa shape index (κ2) is 6.76. The summed E-state index contributed by atoms with van der Waals surface area (Å²) in [5, 5.41) is 12.3. The second-order valence-corrected chi connectivity index (χ2v) is 6.62. The van der Waals surface area contributed by atoms with Crippen LogP contribution >= 0.6 is 0 Å². The number of piperidine rings is 1. The van der Waals surface area contributed by atoms with E-state index in [9.17, 15) is 0 Å². The Morgan fingerprint density at radius 3 is 2.65 bits per heavy atom. The number of benzene rings is 1. The fourth-order valence-corrected chi connectivity index (χ4v) is 3.85. The molecule has 6 heteroatoms. The van der Waals surface area contributed by atoms with Gasteiger partial charge < -0.3 is 0 Å². The maximum atomic E-state index is 4.26. The fraction of sp³-hybridized carbons (Fsp3) is 0.588. The Kier molecular flexibility index (Phi) is 4.35. The van der Waals surface area contributed by atoms with Crippen LogP contribution in [-0.2, 0) is 6.54 Å². The molecule has 6 nitrogen and oxygen atoms in total. The second-order valence-electron chi connectivity index (χ2n) is 6.62. The highest BCUT2D eigenvalue weighted by atomic mass is 15.5. The van der Waals surface area contributed by atoms with Gasteiger partial charge in [-0.15, -0.1) is 5.10 Å². The van der Waals surface area contributed by atoms with E-state index in [1.54, 1.807) is 0 Å². The number of rotatable bonds is 4. The van der Waals surface area contributed by atoms with E-state index in [-0.39, 0.29) is 0 Å². The molecule has 1 aromatic carbocycles. The first-order chi connectivity index (χ1) is 11.4. The van der Waals surface area contributed by atoms with E-state index in [1.165, 1.54) is 38.8 Å². The predicted molar refractivity (Wildman–Crippen MR) is 88.3 cm³/mol. The van der Waals surface area contributed by atoms with Gasteiger partial charge in [-0.05, 0) is 67.9 Å². The number of tetrazole rings is 1. The van der Waals surface area contributed by atoms with E-state index in [0.717, 1.165) is 31.1 Å². The molecule has 0 spiro atoms. The van der Waals surface area contributed by atoms with Crippen LogP contribution in [0, 0.1) is 0 Å². The lowest BCUT2D eigenvalue weighted by atomic mass is 10.0. The average Bonchev–Trinajstić information content (AvgIpc) is 3.28. The van der Waals surface area contributed by atoms with Crippen molar-refractivity contribution in [3.63, 3.8) is 0 Å². The lowest BCUT2D eigenvalue weighted by Crippen LogP contribution is -2.46. The van der Waals surface area contributed by atoms with Crippen LogP contribution in [0.2, 0.25) is 0 Å². The summed E-state index contributed by atoms with van der Waals surface area (Å²) in [6.45, 7) is 5.67. The standard InChI is InChI=1S/C17H24N6/c1-2-7-15(8-3-1)23-17(18-19-20-23)14-21-10-6-9-16(13-21)22-11-4-5-12-22/h1-3,7-8,16H,4-6,9-14H2/t16-/m1/s1. The summed E-state index contributed by atoms with van der Waals surface area (Å²) in [6, 6.07) is 10.9. The lowest BCUT2D eigenvalue weighted by Gasteiger charge is -2.37. The molecule has 0 N–H and O–H groups in total. The Bertz CT molecular complexity index is 619.